The number of hydrogen-bond acceptors (Lipinski definition) is 3. The number of nitrogens with zero attached hydrogens (tertiary/aromatic N) is 2. The first kappa shape index (κ1) is 18.4. The second-order valence-electron chi connectivity index (χ2n) is 6.71. The smallest absolute Gasteiger partial charge is 0.317 e. The van der Waals surface area contributed by atoms with Gasteiger partial charge in [-0.1, -0.05) is 17.7 Å². The molecule has 7 heteroatoms. The summed E-state index contributed by atoms with van der Waals surface area (Å²) in [4.78, 5) is 16.1. The van der Waals surface area contributed by atoms with E-state index in [1.54, 1.807) is 17.0 Å². The molecule has 5 nitrogen and oxygen atoms in total. The highest BCUT2D eigenvalue weighted by Crippen LogP contribution is 2.28. The lowest BCUT2D eigenvalue weighted by Crippen LogP contribution is -2.51. The van der Waals surface area contributed by atoms with Gasteiger partial charge >= 0.3 is 6.03 Å². The van der Waals surface area contributed by atoms with Gasteiger partial charge in [-0.3, -0.25) is 4.90 Å². The first-order valence-corrected chi connectivity index (χ1v) is 9.27. The van der Waals surface area contributed by atoms with Gasteiger partial charge in [0, 0.05) is 56.5 Å². The van der Waals surface area contributed by atoms with Crippen molar-refractivity contribution in [2.75, 3.05) is 45.9 Å². The molecule has 1 saturated carbocycles. The van der Waals surface area contributed by atoms with E-state index in [-0.39, 0.29) is 11.8 Å². The minimum absolute atomic E-state index is 0.0569. The third-order valence-electron chi connectivity index (χ3n) is 4.68. The maximum absolute atomic E-state index is 13.9. The molecular weight excluding hydrogens is 345 g/mol. The minimum Gasteiger partial charge on any atom is -0.379 e. The maximum Gasteiger partial charge on any atom is 0.317 e. The molecule has 2 aliphatic rings. The predicted octanol–water partition coefficient (Wildman–Crippen LogP) is 2.73. The summed E-state index contributed by atoms with van der Waals surface area (Å²) in [6, 6.07) is 4.68. The van der Waals surface area contributed by atoms with E-state index in [1.165, 1.54) is 18.9 Å². The number of halogens is 2. The molecule has 0 spiro atoms. The van der Waals surface area contributed by atoms with E-state index in [0.29, 0.717) is 56.5 Å². The van der Waals surface area contributed by atoms with Gasteiger partial charge in [0.25, 0.3) is 0 Å². The molecule has 0 bridgehead atoms. The van der Waals surface area contributed by atoms with Crippen molar-refractivity contribution in [2.24, 2.45) is 5.92 Å². The zero-order valence-corrected chi connectivity index (χ0v) is 15.1. The van der Waals surface area contributed by atoms with E-state index >= 15 is 0 Å². The molecule has 25 heavy (non-hydrogen) atoms. The second-order valence-corrected chi connectivity index (χ2v) is 7.12. The monoisotopic (exact) mass is 369 g/mol. The molecule has 3 rings (SSSR count). The summed E-state index contributed by atoms with van der Waals surface area (Å²) >= 11 is 6.08. The average molecular weight is 370 g/mol. The average Bonchev–Trinajstić information content (AvgIpc) is 3.43. The van der Waals surface area contributed by atoms with Gasteiger partial charge in [0.2, 0.25) is 0 Å². The van der Waals surface area contributed by atoms with E-state index in [1.807, 2.05) is 0 Å². The molecule has 0 atom stereocenters. The third kappa shape index (κ3) is 5.56. The first-order chi connectivity index (χ1) is 12.1. The molecule has 1 aliphatic carbocycles. The molecule has 1 aromatic carbocycles. The van der Waals surface area contributed by atoms with Gasteiger partial charge in [-0.15, -0.1) is 0 Å². The third-order valence-corrected chi connectivity index (χ3v) is 5.03. The summed E-state index contributed by atoms with van der Waals surface area (Å²) in [7, 11) is 0. The van der Waals surface area contributed by atoms with Crippen LogP contribution < -0.4 is 5.32 Å². The van der Waals surface area contributed by atoms with Crippen molar-refractivity contribution in [3.63, 3.8) is 0 Å². The highest BCUT2D eigenvalue weighted by Gasteiger charge is 2.23. The van der Waals surface area contributed by atoms with Crippen LogP contribution in [0.4, 0.5) is 9.18 Å². The van der Waals surface area contributed by atoms with Gasteiger partial charge in [-0.25, -0.2) is 9.18 Å². The largest absolute Gasteiger partial charge is 0.379 e. The molecule has 1 heterocycles. The first-order valence-electron chi connectivity index (χ1n) is 8.89. The van der Waals surface area contributed by atoms with Crippen molar-refractivity contribution in [3.05, 3.63) is 34.6 Å². The van der Waals surface area contributed by atoms with Crippen molar-refractivity contribution in [3.8, 4) is 0 Å². The van der Waals surface area contributed by atoms with Crippen molar-refractivity contribution in [1.29, 1.82) is 0 Å². The molecule has 1 saturated heterocycles. The van der Waals surface area contributed by atoms with E-state index in [9.17, 15) is 9.18 Å². The molecule has 1 aliphatic heterocycles. The molecule has 0 radical (unpaired) electrons. The molecule has 1 aromatic rings. The summed E-state index contributed by atoms with van der Waals surface area (Å²) < 4.78 is 19.4. The van der Waals surface area contributed by atoms with Gasteiger partial charge in [0.15, 0.2) is 0 Å². The molecule has 0 unspecified atom stereocenters. The second kappa shape index (κ2) is 8.83. The maximum atomic E-state index is 13.9. The Balaban J connectivity index is 1.35. The van der Waals surface area contributed by atoms with Crippen LogP contribution in [0.1, 0.15) is 18.4 Å². The van der Waals surface area contributed by atoms with Crippen LogP contribution >= 0.6 is 11.6 Å². The quantitative estimate of drug-likeness (QED) is 0.752. The number of carbonyl (C=O) groups excluding carboxylic acids is 1. The zero-order chi connectivity index (χ0) is 17.6. The number of piperazine rings is 1. The van der Waals surface area contributed by atoms with E-state index in [4.69, 9.17) is 16.3 Å². The normalized spacial score (nSPS) is 18.4. The number of benzene rings is 1. The molecule has 0 aromatic heterocycles. The fraction of sp³-hybridized carbons (Fsp3) is 0.611. The summed E-state index contributed by atoms with van der Waals surface area (Å²) in [5.74, 6) is 0.464. The molecule has 138 valence electrons. The Morgan fingerprint density at radius 1 is 1.28 bits per heavy atom. The van der Waals surface area contributed by atoms with Crippen LogP contribution in [0.2, 0.25) is 5.02 Å². The highest BCUT2D eigenvalue weighted by atomic mass is 35.5. The van der Waals surface area contributed by atoms with Gasteiger partial charge < -0.3 is 15.0 Å². The van der Waals surface area contributed by atoms with E-state index in [0.717, 1.165) is 12.5 Å². The topological polar surface area (TPSA) is 44.8 Å². The standard InChI is InChI=1S/C18H25ClFN3O2/c19-16-2-1-3-17(20)15(16)12-22-7-9-23(10-8-22)18(24)21-6-11-25-13-14-4-5-14/h1-3,14H,4-13H2,(H,21,24). The fourth-order valence-electron chi connectivity index (χ4n) is 2.89. The van der Waals surface area contributed by atoms with Crippen LogP contribution in [0.3, 0.4) is 0 Å². The van der Waals surface area contributed by atoms with Crippen molar-refractivity contribution < 1.29 is 13.9 Å². The highest BCUT2D eigenvalue weighted by molar-refractivity contribution is 6.31. The molecular formula is C18H25ClFN3O2. The van der Waals surface area contributed by atoms with Crippen LogP contribution in [-0.4, -0.2) is 61.8 Å². The molecule has 1 N–H and O–H groups in total. The summed E-state index contributed by atoms with van der Waals surface area (Å²) in [5, 5.41) is 3.34. The van der Waals surface area contributed by atoms with E-state index in [2.05, 4.69) is 10.2 Å². The Kier molecular flexibility index (Phi) is 6.51. The summed E-state index contributed by atoms with van der Waals surface area (Å²) in [6.07, 6.45) is 2.55. The Hall–Kier alpha value is -1.37. The number of rotatable bonds is 7. The Morgan fingerprint density at radius 2 is 2.04 bits per heavy atom. The number of ether oxygens (including phenoxy) is 1. The number of carbonyl (C=O) groups is 1. The Morgan fingerprint density at radius 3 is 2.72 bits per heavy atom. The lowest BCUT2D eigenvalue weighted by molar-refractivity contribution is 0.117. The van der Waals surface area contributed by atoms with Gasteiger partial charge in [-0.05, 0) is 30.9 Å². The summed E-state index contributed by atoms with van der Waals surface area (Å²) in [6.45, 7) is 5.04. The lowest BCUT2D eigenvalue weighted by Gasteiger charge is -2.34. The van der Waals surface area contributed by atoms with Gasteiger partial charge in [0.1, 0.15) is 5.82 Å². The Bertz CT molecular complexity index is 569. The zero-order valence-electron chi connectivity index (χ0n) is 14.3. The SMILES string of the molecule is O=C(NCCOCC1CC1)N1CCN(Cc2c(F)cccc2Cl)CC1. The number of amides is 2. The number of hydrogen-bond donors (Lipinski definition) is 1. The van der Waals surface area contributed by atoms with Crippen molar-refractivity contribution >= 4 is 17.6 Å². The van der Waals surface area contributed by atoms with Crippen molar-refractivity contribution in [1.82, 2.24) is 15.1 Å². The minimum atomic E-state index is -0.279. The van der Waals surface area contributed by atoms with Crippen LogP contribution in [0.5, 0.6) is 0 Å². The molecule has 2 fully saturated rings. The van der Waals surface area contributed by atoms with E-state index < -0.39 is 0 Å². The van der Waals surface area contributed by atoms with Gasteiger partial charge in [-0.2, -0.15) is 0 Å². The van der Waals surface area contributed by atoms with Crippen LogP contribution in [0, 0.1) is 11.7 Å². The van der Waals surface area contributed by atoms with Crippen LogP contribution in [-0.2, 0) is 11.3 Å². The molecule has 2 amide bonds. The number of urea groups is 1. The lowest BCUT2D eigenvalue weighted by atomic mass is 10.2. The van der Waals surface area contributed by atoms with Gasteiger partial charge in [0.05, 0.1) is 6.61 Å². The fourth-order valence-corrected chi connectivity index (χ4v) is 3.12. The van der Waals surface area contributed by atoms with Crippen molar-refractivity contribution in [2.45, 2.75) is 19.4 Å². The number of nitrogens with one attached hydrogen (secondary N) is 1. The van der Waals surface area contributed by atoms with Crippen LogP contribution in [0.25, 0.3) is 0 Å². The van der Waals surface area contributed by atoms with Crippen LogP contribution in [0.15, 0.2) is 18.2 Å². The Labute approximate surface area is 153 Å². The summed E-state index contributed by atoms with van der Waals surface area (Å²) in [5.41, 5.74) is 0.523. The predicted molar refractivity (Wildman–Crippen MR) is 95.2 cm³/mol.